The normalized spacial score (nSPS) is 17.1. The maximum atomic E-state index is 11.9. The van der Waals surface area contributed by atoms with E-state index in [0.717, 1.165) is 16.7 Å². The number of anilines is 1. The van der Waals surface area contributed by atoms with Crippen molar-refractivity contribution >= 4 is 11.7 Å². The lowest BCUT2D eigenvalue weighted by atomic mass is 9.86. The molecule has 1 unspecified atom stereocenters. The minimum Gasteiger partial charge on any atom is -0.493 e. The fourth-order valence-corrected chi connectivity index (χ4v) is 2.82. The summed E-state index contributed by atoms with van der Waals surface area (Å²) in [6.45, 7) is 1.99. The van der Waals surface area contributed by atoms with Gasteiger partial charge in [0.1, 0.15) is 5.82 Å². The molecule has 2 heterocycles. The summed E-state index contributed by atoms with van der Waals surface area (Å²) < 4.78 is 10.9. The number of ether oxygens (including phenoxy) is 2. The van der Waals surface area contributed by atoms with Gasteiger partial charge in [-0.3, -0.25) is 9.89 Å². The zero-order valence-corrected chi connectivity index (χ0v) is 12.2. The number of hydrogen-bond donors (Lipinski definition) is 2. The molecule has 110 valence electrons. The summed E-state index contributed by atoms with van der Waals surface area (Å²) in [5.41, 5.74) is 2.95. The van der Waals surface area contributed by atoms with Crippen LogP contribution in [0, 0.1) is 6.92 Å². The predicted octanol–water partition coefficient (Wildman–Crippen LogP) is 2.21. The highest BCUT2D eigenvalue weighted by molar-refractivity contribution is 5.94. The fraction of sp³-hybridized carbons (Fsp3) is 0.333. The van der Waals surface area contributed by atoms with Crippen LogP contribution < -0.4 is 14.8 Å². The number of carbonyl (C=O) groups is 1. The van der Waals surface area contributed by atoms with Crippen molar-refractivity contribution in [1.29, 1.82) is 0 Å². The summed E-state index contributed by atoms with van der Waals surface area (Å²) >= 11 is 0. The third kappa shape index (κ3) is 2.22. The Balaban J connectivity index is 2.17. The van der Waals surface area contributed by atoms with Crippen LogP contribution in [0.1, 0.15) is 29.0 Å². The Morgan fingerprint density at radius 3 is 2.76 bits per heavy atom. The quantitative estimate of drug-likeness (QED) is 0.907. The Hall–Kier alpha value is -2.50. The molecule has 1 amide bonds. The maximum Gasteiger partial charge on any atom is 0.226 e. The smallest absolute Gasteiger partial charge is 0.226 e. The SMILES string of the molecule is COc1cc(C)cc(C2CC(=O)Nc3[nH]ncc32)c1OC. The average molecular weight is 287 g/mol. The van der Waals surface area contributed by atoms with Crippen LogP contribution in [0.5, 0.6) is 11.5 Å². The van der Waals surface area contributed by atoms with E-state index in [0.29, 0.717) is 23.7 Å². The molecule has 0 radical (unpaired) electrons. The standard InChI is InChI=1S/C15H17N3O3/c1-8-4-10(14(21-3)12(5-8)20-2)9-6-13(19)17-15-11(9)7-16-18-15/h4-5,7,9H,6H2,1-3H3,(H2,16,17,18,19). The zero-order valence-electron chi connectivity index (χ0n) is 12.2. The molecule has 0 saturated carbocycles. The van der Waals surface area contributed by atoms with Crippen LogP contribution in [-0.4, -0.2) is 30.3 Å². The maximum absolute atomic E-state index is 11.9. The van der Waals surface area contributed by atoms with E-state index in [1.807, 2.05) is 19.1 Å². The summed E-state index contributed by atoms with van der Waals surface area (Å²) in [6.07, 6.45) is 2.10. The summed E-state index contributed by atoms with van der Waals surface area (Å²) in [5.74, 6) is 1.84. The number of aromatic amines is 1. The molecule has 6 nitrogen and oxygen atoms in total. The highest BCUT2D eigenvalue weighted by Gasteiger charge is 2.31. The minimum absolute atomic E-state index is 0.0423. The molecule has 1 atom stereocenters. The number of fused-ring (bicyclic) bond motifs is 1. The molecule has 1 aromatic heterocycles. The molecular formula is C15H17N3O3. The van der Waals surface area contributed by atoms with Gasteiger partial charge in [0.25, 0.3) is 0 Å². The van der Waals surface area contributed by atoms with Crippen molar-refractivity contribution in [3.63, 3.8) is 0 Å². The van der Waals surface area contributed by atoms with E-state index in [4.69, 9.17) is 9.47 Å². The molecule has 0 fully saturated rings. The summed E-state index contributed by atoms with van der Waals surface area (Å²) in [4.78, 5) is 11.9. The Labute approximate surface area is 122 Å². The van der Waals surface area contributed by atoms with Crippen LogP contribution in [0.4, 0.5) is 5.82 Å². The average Bonchev–Trinajstić information content (AvgIpc) is 2.93. The van der Waals surface area contributed by atoms with E-state index >= 15 is 0 Å². The number of aromatic nitrogens is 2. The van der Waals surface area contributed by atoms with Crippen LogP contribution in [0.2, 0.25) is 0 Å². The van der Waals surface area contributed by atoms with Gasteiger partial charge < -0.3 is 14.8 Å². The third-order valence-corrected chi connectivity index (χ3v) is 3.73. The number of carbonyl (C=O) groups excluding carboxylic acids is 1. The number of amides is 1. The first-order chi connectivity index (χ1) is 10.1. The number of aryl methyl sites for hydroxylation is 1. The third-order valence-electron chi connectivity index (χ3n) is 3.73. The fourth-order valence-electron chi connectivity index (χ4n) is 2.82. The lowest BCUT2D eigenvalue weighted by Gasteiger charge is -2.25. The van der Waals surface area contributed by atoms with Crippen molar-refractivity contribution in [2.75, 3.05) is 19.5 Å². The lowest BCUT2D eigenvalue weighted by Crippen LogP contribution is -2.23. The molecule has 2 N–H and O–H groups in total. The highest BCUT2D eigenvalue weighted by Crippen LogP contribution is 2.43. The molecule has 1 aromatic carbocycles. The van der Waals surface area contributed by atoms with Gasteiger partial charge in [-0.1, -0.05) is 6.07 Å². The van der Waals surface area contributed by atoms with Crippen LogP contribution in [0.3, 0.4) is 0 Å². The van der Waals surface area contributed by atoms with E-state index in [-0.39, 0.29) is 11.8 Å². The van der Waals surface area contributed by atoms with Crippen LogP contribution in [0.25, 0.3) is 0 Å². The molecule has 0 aliphatic carbocycles. The van der Waals surface area contributed by atoms with Gasteiger partial charge in [-0.05, 0) is 18.6 Å². The molecule has 1 aliphatic rings. The van der Waals surface area contributed by atoms with Gasteiger partial charge in [0.2, 0.25) is 5.91 Å². The topological polar surface area (TPSA) is 76.2 Å². The molecule has 21 heavy (non-hydrogen) atoms. The number of H-pyrrole nitrogens is 1. The van der Waals surface area contributed by atoms with Crippen LogP contribution >= 0.6 is 0 Å². The van der Waals surface area contributed by atoms with Crippen molar-refractivity contribution in [3.8, 4) is 11.5 Å². The van der Waals surface area contributed by atoms with E-state index in [9.17, 15) is 4.79 Å². The van der Waals surface area contributed by atoms with Crippen molar-refractivity contribution in [2.24, 2.45) is 0 Å². The van der Waals surface area contributed by atoms with Crippen LogP contribution in [0.15, 0.2) is 18.3 Å². The van der Waals surface area contributed by atoms with E-state index in [2.05, 4.69) is 15.5 Å². The van der Waals surface area contributed by atoms with Crippen molar-refractivity contribution < 1.29 is 14.3 Å². The number of rotatable bonds is 3. The van der Waals surface area contributed by atoms with Crippen molar-refractivity contribution in [2.45, 2.75) is 19.3 Å². The number of hydrogen-bond acceptors (Lipinski definition) is 4. The summed E-state index contributed by atoms with van der Waals surface area (Å²) in [5, 5.41) is 9.63. The van der Waals surface area contributed by atoms with Gasteiger partial charge in [-0.25, -0.2) is 0 Å². The minimum atomic E-state index is -0.101. The number of methoxy groups -OCH3 is 2. The van der Waals surface area contributed by atoms with Gasteiger partial charge in [0, 0.05) is 23.5 Å². The second-order valence-electron chi connectivity index (χ2n) is 5.09. The molecule has 2 aromatic rings. The first-order valence-electron chi connectivity index (χ1n) is 6.69. The molecule has 0 saturated heterocycles. The second-order valence-corrected chi connectivity index (χ2v) is 5.09. The van der Waals surface area contributed by atoms with Crippen molar-refractivity contribution in [1.82, 2.24) is 10.2 Å². The molecule has 0 bridgehead atoms. The second kappa shape index (κ2) is 5.12. The zero-order chi connectivity index (χ0) is 15.0. The van der Waals surface area contributed by atoms with Gasteiger partial charge in [-0.15, -0.1) is 0 Å². The molecular weight excluding hydrogens is 270 g/mol. The van der Waals surface area contributed by atoms with Crippen LogP contribution in [-0.2, 0) is 4.79 Å². The summed E-state index contributed by atoms with van der Waals surface area (Å²) in [6, 6.07) is 3.95. The largest absolute Gasteiger partial charge is 0.493 e. The Bertz CT molecular complexity index is 693. The first-order valence-corrected chi connectivity index (χ1v) is 6.69. The molecule has 3 rings (SSSR count). The van der Waals surface area contributed by atoms with Gasteiger partial charge in [0.15, 0.2) is 11.5 Å². The number of nitrogens with zero attached hydrogens (tertiary/aromatic N) is 1. The number of nitrogens with one attached hydrogen (secondary N) is 2. The van der Waals surface area contributed by atoms with Gasteiger partial charge in [-0.2, -0.15) is 5.10 Å². The molecule has 6 heteroatoms. The Morgan fingerprint density at radius 1 is 1.24 bits per heavy atom. The van der Waals surface area contributed by atoms with Crippen molar-refractivity contribution in [3.05, 3.63) is 35.0 Å². The Kier molecular flexibility index (Phi) is 3.29. The lowest BCUT2D eigenvalue weighted by molar-refractivity contribution is -0.116. The summed E-state index contributed by atoms with van der Waals surface area (Å²) in [7, 11) is 3.22. The van der Waals surface area contributed by atoms with Gasteiger partial charge in [0.05, 0.1) is 20.4 Å². The Morgan fingerprint density at radius 2 is 2.05 bits per heavy atom. The predicted molar refractivity (Wildman–Crippen MR) is 78.0 cm³/mol. The molecule has 0 spiro atoms. The van der Waals surface area contributed by atoms with Gasteiger partial charge >= 0.3 is 0 Å². The van der Waals surface area contributed by atoms with E-state index < -0.39 is 0 Å². The number of benzene rings is 1. The first kappa shape index (κ1) is 13.5. The van der Waals surface area contributed by atoms with E-state index in [1.165, 1.54) is 0 Å². The highest BCUT2D eigenvalue weighted by atomic mass is 16.5. The van der Waals surface area contributed by atoms with E-state index in [1.54, 1.807) is 20.4 Å². The monoisotopic (exact) mass is 287 g/mol. The molecule has 1 aliphatic heterocycles.